The van der Waals surface area contributed by atoms with Crippen molar-refractivity contribution in [1.29, 1.82) is 5.26 Å². The molecule has 0 aliphatic heterocycles. The van der Waals surface area contributed by atoms with Gasteiger partial charge in [0, 0.05) is 5.56 Å². The van der Waals surface area contributed by atoms with Crippen molar-refractivity contribution in [2.75, 3.05) is 0 Å². The number of hydrogen-bond acceptors (Lipinski definition) is 3. The van der Waals surface area contributed by atoms with Crippen molar-refractivity contribution < 1.29 is 0 Å². The Bertz CT molecular complexity index is 775. The number of H-pyrrole nitrogens is 2. The van der Waals surface area contributed by atoms with Crippen molar-refractivity contribution in [3.63, 3.8) is 0 Å². The Morgan fingerprint density at radius 3 is 2.85 bits per heavy atom. The highest BCUT2D eigenvalue weighted by Gasteiger charge is 2.18. The summed E-state index contributed by atoms with van der Waals surface area (Å²) in [6.07, 6.45) is 3.46. The molecule has 100 valence electrons. The summed E-state index contributed by atoms with van der Waals surface area (Å²) >= 11 is 0. The summed E-state index contributed by atoms with van der Waals surface area (Å²) in [5.74, 6) is 0.746. The van der Waals surface area contributed by atoms with Crippen molar-refractivity contribution in [2.24, 2.45) is 5.92 Å². The second-order valence-electron chi connectivity index (χ2n) is 5.17. The summed E-state index contributed by atoms with van der Waals surface area (Å²) in [7, 11) is 0. The van der Waals surface area contributed by atoms with Gasteiger partial charge < -0.3 is 9.97 Å². The first kappa shape index (κ1) is 12.4. The first-order valence-electron chi connectivity index (χ1n) is 6.57. The molecule has 0 bridgehead atoms. The number of hydrogen-bond donors (Lipinski definition) is 2. The van der Waals surface area contributed by atoms with Crippen molar-refractivity contribution in [3.05, 3.63) is 36.5 Å². The quantitative estimate of drug-likeness (QED) is 0.762. The molecule has 0 saturated heterocycles. The Morgan fingerprint density at radius 1 is 1.25 bits per heavy atom. The highest BCUT2D eigenvalue weighted by Crippen LogP contribution is 2.25. The Morgan fingerprint density at radius 2 is 2.10 bits per heavy atom. The molecule has 2 N–H and O–H groups in total. The van der Waals surface area contributed by atoms with Crippen LogP contribution in [0, 0.1) is 17.2 Å². The number of imidazole rings is 2. The maximum absolute atomic E-state index is 9.22. The molecule has 0 aliphatic carbocycles. The van der Waals surface area contributed by atoms with E-state index in [4.69, 9.17) is 0 Å². The van der Waals surface area contributed by atoms with Gasteiger partial charge in [0.15, 0.2) is 0 Å². The molecular weight excluding hydrogens is 250 g/mol. The Hall–Kier alpha value is -2.61. The molecule has 3 aromatic rings. The average molecular weight is 265 g/mol. The predicted molar refractivity (Wildman–Crippen MR) is 76.9 cm³/mol. The monoisotopic (exact) mass is 265 g/mol. The lowest BCUT2D eigenvalue weighted by Gasteiger charge is -2.09. The molecular formula is C15H15N5. The maximum atomic E-state index is 9.22. The fourth-order valence-corrected chi connectivity index (χ4v) is 2.27. The molecule has 2 heterocycles. The molecule has 1 unspecified atom stereocenters. The first-order chi connectivity index (χ1) is 9.69. The fraction of sp³-hybridized carbons (Fsp3) is 0.267. The Balaban J connectivity index is 1.99. The van der Waals surface area contributed by atoms with E-state index >= 15 is 0 Å². The Labute approximate surface area is 116 Å². The smallest absolute Gasteiger partial charge is 0.124 e. The minimum atomic E-state index is -0.209. The zero-order chi connectivity index (χ0) is 14.1. The van der Waals surface area contributed by atoms with E-state index in [1.54, 1.807) is 12.5 Å². The summed E-state index contributed by atoms with van der Waals surface area (Å²) < 4.78 is 0. The standard InChI is InChI=1S/C15H15N5/c1-9(2)11(6-16)15-17-7-14(20-15)10-3-4-12-13(5-10)19-8-18-12/h3-5,7-9,11H,1-2H3,(H,17,20)(H,18,19). The predicted octanol–water partition coefficient (Wildman–Crippen LogP) is 3.22. The number of aromatic nitrogens is 4. The van der Waals surface area contributed by atoms with Crippen LogP contribution in [0.3, 0.4) is 0 Å². The van der Waals surface area contributed by atoms with Crippen LogP contribution >= 0.6 is 0 Å². The molecule has 0 radical (unpaired) electrons. The molecule has 0 spiro atoms. The van der Waals surface area contributed by atoms with Gasteiger partial charge in [-0.15, -0.1) is 0 Å². The largest absolute Gasteiger partial charge is 0.345 e. The van der Waals surface area contributed by atoms with E-state index < -0.39 is 0 Å². The van der Waals surface area contributed by atoms with Crippen LogP contribution in [0.5, 0.6) is 0 Å². The van der Waals surface area contributed by atoms with Gasteiger partial charge in [-0.2, -0.15) is 5.26 Å². The summed E-state index contributed by atoms with van der Waals surface area (Å²) in [4.78, 5) is 14.9. The SMILES string of the molecule is CC(C)C(C#N)c1ncc(-c2ccc3nc[nH]c3c2)[nH]1. The molecule has 5 heteroatoms. The van der Waals surface area contributed by atoms with Crippen molar-refractivity contribution in [3.8, 4) is 17.3 Å². The van der Waals surface area contributed by atoms with Gasteiger partial charge in [-0.25, -0.2) is 9.97 Å². The number of rotatable bonds is 3. The number of nitrogens with one attached hydrogen (secondary N) is 2. The molecule has 0 aliphatic rings. The van der Waals surface area contributed by atoms with Gasteiger partial charge in [0.1, 0.15) is 11.7 Å². The summed E-state index contributed by atoms with van der Waals surface area (Å²) in [5, 5.41) is 9.22. The topological polar surface area (TPSA) is 81.2 Å². The number of benzene rings is 1. The lowest BCUT2D eigenvalue weighted by molar-refractivity contribution is 0.566. The van der Waals surface area contributed by atoms with Crippen LogP contribution in [0.15, 0.2) is 30.7 Å². The molecule has 0 amide bonds. The fourth-order valence-electron chi connectivity index (χ4n) is 2.27. The molecule has 1 aromatic carbocycles. The van der Waals surface area contributed by atoms with E-state index in [0.29, 0.717) is 0 Å². The van der Waals surface area contributed by atoms with Gasteiger partial charge in [-0.3, -0.25) is 0 Å². The van der Waals surface area contributed by atoms with E-state index in [1.807, 2.05) is 32.0 Å². The van der Waals surface area contributed by atoms with Crippen LogP contribution < -0.4 is 0 Å². The lowest BCUT2D eigenvalue weighted by Crippen LogP contribution is -2.05. The summed E-state index contributed by atoms with van der Waals surface area (Å²) in [6, 6.07) is 8.28. The van der Waals surface area contributed by atoms with Gasteiger partial charge in [-0.1, -0.05) is 19.9 Å². The van der Waals surface area contributed by atoms with E-state index in [0.717, 1.165) is 28.1 Å². The second-order valence-corrected chi connectivity index (χ2v) is 5.17. The molecule has 0 fully saturated rings. The molecule has 3 rings (SSSR count). The number of fused-ring (bicyclic) bond motifs is 1. The zero-order valence-electron chi connectivity index (χ0n) is 11.4. The number of nitriles is 1. The van der Waals surface area contributed by atoms with Crippen LogP contribution in [0.25, 0.3) is 22.3 Å². The highest BCUT2D eigenvalue weighted by molar-refractivity contribution is 5.80. The van der Waals surface area contributed by atoms with Gasteiger partial charge >= 0.3 is 0 Å². The van der Waals surface area contributed by atoms with Crippen LogP contribution in [0.2, 0.25) is 0 Å². The van der Waals surface area contributed by atoms with Crippen LogP contribution in [0.4, 0.5) is 0 Å². The third kappa shape index (κ3) is 2.05. The number of aromatic amines is 2. The minimum absolute atomic E-state index is 0.209. The normalized spacial score (nSPS) is 12.7. The lowest BCUT2D eigenvalue weighted by atomic mass is 9.97. The van der Waals surface area contributed by atoms with Gasteiger partial charge in [0.05, 0.1) is 35.3 Å². The van der Waals surface area contributed by atoms with Crippen LogP contribution in [0.1, 0.15) is 25.6 Å². The van der Waals surface area contributed by atoms with Crippen LogP contribution in [-0.4, -0.2) is 19.9 Å². The zero-order valence-corrected chi connectivity index (χ0v) is 11.4. The summed E-state index contributed by atoms with van der Waals surface area (Å²) in [6.45, 7) is 4.04. The maximum Gasteiger partial charge on any atom is 0.124 e. The van der Waals surface area contributed by atoms with Gasteiger partial charge in [0.25, 0.3) is 0 Å². The minimum Gasteiger partial charge on any atom is -0.345 e. The third-order valence-electron chi connectivity index (χ3n) is 3.43. The molecule has 2 aromatic heterocycles. The first-order valence-corrected chi connectivity index (χ1v) is 6.57. The van der Waals surface area contributed by atoms with E-state index in [2.05, 4.69) is 26.0 Å². The van der Waals surface area contributed by atoms with E-state index in [9.17, 15) is 5.26 Å². The van der Waals surface area contributed by atoms with Crippen molar-refractivity contribution in [2.45, 2.75) is 19.8 Å². The average Bonchev–Trinajstić information content (AvgIpc) is 3.06. The van der Waals surface area contributed by atoms with E-state index in [1.165, 1.54) is 0 Å². The Kier molecular flexibility index (Phi) is 2.99. The highest BCUT2D eigenvalue weighted by atomic mass is 14.9. The van der Waals surface area contributed by atoms with Crippen molar-refractivity contribution in [1.82, 2.24) is 19.9 Å². The second kappa shape index (κ2) is 4.82. The summed E-state index contributed by atoms with van der Waals surface area (Å²) in [5.41, 5.74) is 3.86. The van der Waals surface area contributed by atoms with Crippen LogP contribution in [-0.2, 0) is 0 Å². The van der Waals surface area contributed by atoms with Crippen molar-refractivity contribution >= 4 is 11.0 Å². The number of nitrogens with zero attached hydrogens (tertiary/aromatic N) is 3. The molecule has 5 nitrogen and oxygen atoms in total. The third-order valence-corrected chi connectivity index (χ3v) is 3.43. The van der Waals surface area contributed by atoms with Gasteiger partial charge in [-0.05, 0) is 18.1 Å². The molecule has 20 heavy (non-hydrogen) atoms. The van der Waals surface area contributed by atoms with Gasteiger partial charge in [0.2, 0.25) is 0 Å². The molecule has 0 saturated carbocycles. The molecule has 1 atom stereocenters. The van der Waals surface area contributed by atoms with E-state index in [-0.39, 0.29) is 11.8 Å².